The van der Waals surface area contributed by atoms with Gasteiger partial charge in [-0.15, -0.1) is 0 Å². The number of rotatable bonds is 7. The number of carboxylic acid groups (broad SMARTS) is 1. The number of benzene rings is 1. The van der Waals surface area contributed by atoms with Crippen LogP contribution in [0, 0.1) is 5.82 Å². The standard InChI is InChI=1S/C24H24F4N6O3/c1-23(32-22(35)36)7-8-34(13-23)21(24(26,27)28)15-4-6-19(29-11-15)33-30-12-17-5-3-14-9-16(25)10-18(37-2)20(14)31-17/h3-6,9-12,21,32H,7-8,13H2,1-2H3,(H,29,33)(H,35,36)/b30-12+/t21-,23-/m0/s1. The van der Waals surface area contributed by atoms with Crippen LogP contribution in [-0.2, 0) is 0 Å². The molecule has 13 heteroatoms. The smallest absolute Gasteiger partial charge is 0.408 e. The van der Waals surface area contributed by atoms with Gasteiger partial charge in [-0.2, -0.15) is 18.3 Å². The molecule has 1 aromatic carbocycles. The largest absolute Gasteiger partial charge is 0.494 e. The Morgan fingerprint density at radius 3 is 2.73 bits per heavy atom. The maximum absolute atomic E-state index is 14.0. The van der Waals surface area contributed by atoms with Crippen molar-refractivity contribution in [3.63, 3.8) is 0 Å². The molecular weight excluding hydrogens is 496 g/mol. The van der Waals surface area contributed by atoms with Crippen LogP contribution < -0.4 is 15.5 Å². The average Bonchev–Trinajstić information content (AvgIpc) is 3.18. The second-order valence-corrected chi connectivity index (χ2v) is 8.92. The van der Waals surface area contributed by atoms with Crippen molar-refractivity contribution in [2.45, 2.75) is 31.1 Å². The van der Waals surface area contributed by atoms with Crippen LogP contribution in [0.4, 0.5) is 28.2 Å². The summed E-state index contributed by atoms with van der Waals surface area (Å²) in [5.74, 6) is 0.0269. The molecular formula is C24H24F4N6O3. The number of pyridine rings is 2. The molecule has 1 fully saturated rings. The second kappa shape index (κ2) is 10.2. The third-order valence-corrected chi connectivity index (χ3v) is 6.03. The molecule has 0 spiro atoms. The summed E-state index contributed by atoms with van der Waals surface area (Å²) in [6.45, 7) is 1.56. The number of fused-ring (bicyclic) bond motifs is 1. The third kappa shape index (κ3) is 6.05. The van der Waals surface area contributed by atoms with Crippen molar-refractivity contribution < 1.29 is 32.2 Å². The first-order valence-electron chi connectivity index (χ1n) is 11.2. The molecule has 1 aliphatic heterocycles. The summed E-state index contributed by atoms with van der Waals surface area (Å²) in [5.41, 5.74) is 2.48. The van der Waals surface area contributed by atoms with Gasteiger partial charge >= 0.3 is 12.3 Å². The molecule has 9 nitrogen and oxygen atoms in total. The van der Waals surface area contributed by atoms with Gasteiger partial charge in [0.25, 0.3) is 0 Å². The van der Waals surface area contributed by atoms with Crippen molar-refractivity contribution in [3.05, 3.63) is 59.7 Å². The number of methoxy groups -OCH3 is 1. The van der Waals surface area contributed by atoms with Gasteiger partial charge < -0.3 is 15.2 Å². The maximum atomic E-state index is 14.0. The molecule has 2 atom stereocenters. The molecule has 0 saturated carbocycles. The molecule has 3 aromatic rings. The van der Waals surface area contributed by atoms with E-state index in [-0.39, 0.29) is 36.6 Å². The number of ether oxygens (including phenoxy) is 1. The quantitative estimate of drug-likeness (QED) is 0.238. The Bertz CT molecular complexity index is 1320. The maximum Gasteiger partial charge on any atom is 0.408 e. The van der Waals surface area contributed by atoms with Crippen LogP contribution in [0.5, 0.6) is 5.75 Å². The second-order valence-electron chi connectivity index (χ2n) is 8.92. The van der Waals surface area contributed by atoms with Crippen LogP contribution in [0.15, 0.2) is 47.7 Å². The van der Waals surface area contributed by atoms with Gasteiger partial charge in [0.15, 0.2) is 0 Å². The number of hydrogen-bond acceptors (Lipinski definition) is 7. The van der Waals surface area contributed by atoms with Crippen LogP contribution >= 0.6 is 0 Å². The summed E-state index contributed by atoms with van der Waals surface area (Å²) in [4.78, 5) is 20.6. The Kier molecular flexibility index (Phi) is 7.16. The number of alkyl halides is 3. The van der Waals surface area contributed by atoms with E-state index < -0.39 is 29.7 Å². The van der Waals surface area contributed by atoms with Crippen molar-refractivity contribution >= 4 is 29.0 Å². The molecule has 37 heavy (non-hydrogen) atoms. The van der Waals surface area contributed by atoms with Gasteiger partial charge in [0, 0.05) is 30.7 Å². The van der Waals surface area contributed by atoms with Crippen molar-refractivity contribution in [3.8, 4) is 5.75 Å². The predicted molar refractivity (Wildman–Crippen MR) is 128 cm³/mol. The van der Waals surface area contributed by atoms with Gasteiger partial charge in [0.1, 0.15) is 28.9 Å². The normalized spacial score (nSPS) is 19.3. The topological polar surface area (TPSA) is 112 Å². The van der Waals surface area contributed by atoms with Gasteiger partial charge in [-0.05, 0) is 37.1 Å². The van der Waals surface area contributed by atoms with Gasteiger partial charge in [0.05, 0.1) is 24.6 Å². The minimum Gasteiger partial charge on any atom is -0.494 e. The number of carbonyl (C=O) groups is 1. The van der Waals surface area contributed by atoms with Crippen molar-refractivity contribution in [2.75, 3.05) is 25.6 Å². The zero-order valence-corrected chi connectivity index (χ0v) is 19.9. The summed E-state index contributed by atoms with van der Waals surface area (Å²) in [6, 6.07) is 6.58. The fourth-order valence-electron chi connectivity index (χ4n) is 4.39. The summed E-state index contributed by atoms with van der Waals surface area (Å²) < 4.78 is 60.7. The number of hydrogen-bond donors (Lipinski definition) is 3. The Morgan fingerprint density at radius 2 is 2.08 bits per heavy atom. The van der Waals surface area contributed by atoms with Crippen LogP contribution in [0.25, 0.3) is 10.9 Å². The zero-order chi connectivity index (χ0) is 26.8. The lowest BCUT2D eigenvalue weighted by Crippen LogP contribution is -2.48. The summed E-state index contributed by atoms with van der Waals surface area (Å²) in [6.07, 6.45) is -3.12. The van der Waals surface area contributed by atoms with Crippen LogP contribution in [-0.4, -0.2) is 64.2 Å². The van der Waals surface area contributed by atoms with Crippen LogP contribution in [0.3, 0.4) is 0 Å². The number of amides is 1. The number of aromatic nitrogens is 2. The van der Waals surface area contributed by atoms with E-state index in [9.17, 15) is 22.4 Å². The average molecular weight is 520 g/mol. The van der Waals surface area contributed by atoms with Gasteiger partial charge in [-0.3, -0.25) is 10.3 Å². The van der Waals surface area contributed by atoms with E-state index in [1.54, 1.807) is 19.1 Å². The van der Waals surface area contributed by atoms with Gasteiger partial charge in [0.2, 0.25) is 0 Å². The summed E-state index contributed by atoms with van der Waals surface area (Å²) in [5, 5.41) is 15.9. The fourth-order valence-corrected chi connectivity index (χ4v) is 4.39. The number of hydrazone groups is 1. The summed E-state index contributed by atoms with van der Waals surface area (Å²) in [7, 11) is 1.41. The highest BCUT2D eigenvalue weighted by atomic mass is 19.4. The Hall–Kier alpha value is -4.00. The molecule has 1 amide bonds. The molecule has 0 unspecified atom stereocenters. The molecule has 4 rings (SSSR count). The van der Waals surface area contributed by atoms with E-state index >= 15 is 0 Å². The SMILES string of the molecule is COc1cc(F)cc2ccc(/C=N/Nc3ccc([C@H](N4CC[C@](C)(NC(=O)O)C4)C(F)(F)F)cn3)nc12. The van der Waals surface area contributed by atoms with Crippen LogP contribution in [0.1, 0.15) is 30.6 Å². The van der Waals surface area contributed by atoms with Crippen molar-refractivity contribution in [1.82, 2.24) is 20.2 Å². The Labute approximate surface area is 209 Å². The minimum atomic E-state index is -4.59. The lowest BCUT2D eigenvalue weighted by Gasteiger charge is -2.31. The number of anilines is 1. The third-order valence-electron chi connectivity index (χ3n) is 6.03. The minimum absolute atomic E-state index is 0.0709. The first-order chi connectivity index (χ1) is 17.5. The molecule has 196 valence electrons. The number of likely N-dealkylation sites (tertiary alicyclic amines) is 1. The van der Waals surface area contributed by atoms with E-state index in [1.165, 1.54) is 42.5 Å². The van der Waals surface area contributed by atoms with E-state index in [0.29, 0.717) is 16.6 Å². The number of nitrogens with one attached hydrogen (secondary N) is 2. The molecule has 0 bridgehead atoms. The highest BCUT2D eigenvalue weighted by Gasteiger charge is 2.49. The molecule has 3 heterocycles. The highest BCUT2D eigenvalue weighted by molar-refractivity contribution is 5.89. The number of nitrogens with zero attached hydrogens (tertiary/aromatic N) is 4. The molecule has 2 aromatic heterocycles. The zero-order valence-electron chi connectivity index (χ0n) is 19.9. The highest BCUT2D eigenvalue weighted by Crippen LogP contribution is 2.41. The first kappa shape index (κ1) is 26.1. The predicted octanol–water partition coefficient (Wildman–Crippen LogP) is 4.56. The Morgan fingerprint density at radius 1 is 1.30 bits per heavy atom. The van der Waals surface area contributed by atoms with Crippen molar-refractivity contribution in [2.24, 2.45) is 5.10 Å². The van der Waals surface area contributed by atoms with E-state index in [2.05, 4.69) is 25.8 Å². The molecule has 1 aliphatic rings. The van der Waals surface area contributed by atoms with E-state index in [4.69, 9.17) is 9.84 Å². The first-order valence-corrected chi connectivity index (χ1v) is 11.2. The van der Waals surface area contributed by atoms with Gasteiger partial charge in [-0.1, -0.05) is 12.1 Å². The van der Waals surface area contributed by atoms with E-state index in [1.807, 2.05) is 0 Å². The summed E-state index contributed by atoms with van der Waals surface area (Å²) >= 11 is 0. The van der Waals surface area contributed by atoms with Crippen molar-refractivity contribution in [1.29, 1.82) is 0 Å². The Balaban J connectivity index is 1.47. The monoisotopic (exact) mass is 520 g/mol. The lowest BCUT2D eigenvalue weighted by molar-refractivity contribution is -0.184. The number of halogens is 4. The molecule has 3 N–H and O–H groups in total. The molecule has 1 saturated heterocycles. The van der Waals surface area contributed by atoms with Crippen LogP contribution in [0.2, 0.25) is 0 Å². The molecule has 0 aliphatic carbocycles. The van der Waals surface area contributed by atoms with Gasteiger partial charge in [-0.25, -0.2) is 19.2 Å². The molecule has 0 radical (unpaired) electrons. The lowest BCUT2D eigenvalue weighted by atomic mass is 10.0. The van der Waals surface area contributed by atoms with E-state index in [0.717, 1.165) is 6.20 Å². The fraction of sp³-hybridized carbons (Fsp3) is 0.333.